The van der Waals surface area contributed by atoms with Crippen LogP contribution in [0.5, 0.6) is 0 Å². The Morgan fingerprint density at radius 1 is 1.67 bits per heavy atom. The summed E-state index contributed by atoms with van der Waals surface area (Å²) in [5, 5.41) is 7.43. The van der Waals surface area contributed by atoms with Gasteiger partial charge >= 0.3 is 0 Å². The molecule has 0 aliphatic carbocycles. The summed E-state index contributed by atoms with van der Waals surface area (Å²) in [6.45, 7) is 3.46. The lowest BCUT2D eigenvalue weighted by atomic mass is 10.3. The van der Waals surface area contributed by atoms with E-state index in [2.05, 4.69) is 16.2 Å². The minimum atomic E-state index is 0.0472. The van der Waals surface area contributed by atoms with Crippen molar-refractivity contribution in [1.29, 1.82) is 0 Å². The molecule has 0 unspecified atom stereocenters. The van der Waals surface area contributed by atoms with E-state index in [1.54, 1.807) is 22.0 Å². The average Bonchev–Trinajstić information content (AvgIpc) is 2.75. The third kappa shape index (κ3) is 3.43. The van der Waals surface area contributed by atoms with Gasteiger partial charge in [0.2, 0.25) is 5.91 Å². The first kappa shape index (κ1) is 11.2. The maximum Gasteiger partial charge on any atom is 0.225 e. The lowest BCUT2D eigenvalue weighted by Crippen LogP contribution is -2.31. The van der Waals surface area contributed by atoms with Gasteiger partial charge in [-0.3, -0.25) is 9.48 Å². The second-order valence-corrected chi connectivity index (χ2v) is 3.03. The molecule has 0 aliphatic rings. The first-order valence-electron chi connectivity index (χ1n) is 4.83. The average molecular weight is 206 g/mol. The second kappa shape index (κ2) is 5.81. The molecule has 0 N–H and O–H groups in total. The molecule has 1 heterocycles. The molecular formula is C10H14N4O. The van der Waals surface area contributed by atoms with E-state index in [-0.39, 0.29) is 5.91 Å². The first-order chi connectivity index (χ1) is 7.27. The quantitative estimate of drug-likeness (QED) is 0.644. The number of aryl methyl sites for hydroxylation is 1. The van der Waals surface area contributed by atoms with Crippen molar-refractivity contribution in [3.8, 4) is 12.3 Å². The number of rotatable bonds is 5. The summed E-state index contributed by atoms with van der Waals surface area (Å²) in [7, 11) is 0. The van der Waals surface area contributed by atoms with Crippen LogP contribution in [0.2, 0.25) is 0 Å². The number of amides is 1. The summed E-state index contributed by atoms with van der Waals surface area (Å²) in [6.07, 6.45) is 8.88. The largest absolute Gasteiger partial charge is 0.332 e. The van der Waals surface area contributed by atoms with Gasteiger partial charge in [-0.2, -0.15) is 0 Å². The molecule has 80 valence electrons. The van der Waals surface area contributed by atoms with Crippen molar-refractivity contribution in [3.63, 3.8) is 0 Å². The van der Waals surface area contributed by atoms with Crippen LogP contribution in [-0.2, 0) is 11.3 Å². The highest BCUT2D eigenvalue weighted by atomic mass is 16.2. The molecule has 1 amide bonds. The van der Waals surface area contributed by atoms with Crippen LogP contribution in [0.1, 0.15) is 13.3 Å². The van der Waals surface area contributed by atoms with Crippen molar-refractivity contribution in [2.24, 2.45) is 0 Å². The summed E-state index contributed by atoms with van der Waals surface area (Å²) in [5.41, 5.74) is 0. The number of nitrogens with zero attached hydrogens (tertiary/aromatic N) is 4. The van der Waals surface area contributed by atoms with Crippen LogP contribution in [0.15, 0.2) is 12.4 Å². The third-order valence-electron chi connectivity index (χ3n) is 2.04. The van der Waals surface area contributed by atoms with Gasteiger partial charge in [-0.25, -0.2) is 0 Å². The SMILES string of the molecule is C#CCN(CC)C(=O)CCn1ccnn1. The van der Waals surface area contributed by atoms with E-state index in [4.69, 9.17) is 6.42 Å². The van der Waals surface area contributed by atoms with Gasteiger partial charge in [-0.05, 0) is 6.92 Å². The predicted octanol–water partition coefficient (Wildman–Crippen LogP) is 0.150. The highest BCUT2D eigenvalue weighted by Gasteiger charge is 2.09. The van der Waals surface area contributed by atoms with E-state index in [0.29, 0.717) is 26.1 Å². The number of hydrogen-bond acceptors (Lipinski definition) is 3. The summed E-state index contributed by atoms with van der Waals surface area (Å²) < 4.78 is 1.63. The zero-order valence-corrected chi connectivity index (χ0v) is 8.76. The number of carbonyl (C=O) groups is 1. The van der Waals surface area contributed by atoms with E-state index in [1.807, 2.05) is 6.92 Å². The van der Waals surface area contributed by atoms with Crippen LogP contribution in [0.3, 0.4) is 0 Å². The van der Waals surface area contributed by atoms with Gasteiger partial charge in [0.1, 0.15) is 0 Å². The minimum Gasteiger partial charge on any atom is -0.332 e. The molecule has 1 aromatic rings. The fourth-order valence-corrected chi connectivity index (χ4v) is 1.21. The normalized spacial score (nSPS) is 9.60. The van der Waals surface area contributed by atoms with Crippen LogP contribution in [0, 0.1) is 12.3 Å². The molecule has 0 atom stereocenters. The highest BCUT2D eigenvalue weighted by Crippen LogP contribution is 1.96. The van der Waals surface area contributed by atoms with Crippen molar-refractivity contribution >= 4 is 5.91 Å². The molecule has 0 bridgehead atoms. The van der Waals surface area contributed by atoms with E-state index in [9.17, 15) is 4.79 Å². The van der Waals surface area contributed by atoms with Gasteiger partial charge < -0.3 is 4.90 Å². The highest BCUT2D eigenvalue weighted by molar-refractivity contribution is 5.76. The molecule has 0 fully saturated rings. The minimum absolute atomic E-state index is 0.0472. The van der Waals surface area contributed by atoms with Gasteiger partial charge in [0.05, 0.1) is 19.3 Å². The molecule has 1 aromatic heterocycles. The maximum atomic E-state index is 11.6. The zero-order valence-electron chi connectivity index (χ0n) is 8.76. The van der Waals surface area contributed by atoms with Crippen molar-refractivity contribution in [3.05, 3.63) is 12.4 Å². The van der Waals surface area contributed by atoms with E-state index in [0.717, 1.165) is 0 Å². The Balaban J connectivity index is 2.38. The number of carbonyl (C=O) groups excluding carboxylic acids is 1. The lowest BCUT2D eigenvalue weighted by Gasteiger charge is -2.17. The molecule has 0 saturated carbocycles. The fourth-order valence-electron chi connectivity index (χ4n) is 1.21. The molecule has 0 radical (unpaired) electrons. The molecule has 1 rings (SSSR count). The van der Waals surface area contributed by atoms with E-state index in [1.165, 1.54) is 0 Å². The van der Waals surface area contributed by atoms with Gasteiger partial charge in [-0.15, -0.1) is 11.5 Å². The third-order valence-corrected chi connectivity index (χ3v) is 2.04. The Hall–Kier alpha value is -1.83. The van der Waals surface area contributed by atoms with Crippen LogP contribution in [0.4, 0.5) is 0 Å². The van der Waals surface area contributed by atoms with Crippen LogP contribution < -0.4 is 0 Å². The smallest absolute Gasteiger partial charge is 0.225 e. The molecule has 0 aliphatic heterocycles. The maximum absolute atomic E-state index is 11.6. The molecular weight excluding hydrogens is 192 g/mol. The Labute approximate surface area is 89.1 Å². The van der Waals surface area contributed by atoms with Gasteiger partial charge in [0, 0.05) is 19.2 Å². The van der Waals surface area contributed by atoms with Gasteiger partial charge in [0.15, 0.2) is 0 Å². The molecule has 15 heavy (non-hydrogen) atoms. The number of hydrogen-bond donors (Lipinski definition) is 0. The summed E-state index contributed by atoms with van der Waals surface area (Å²) in [4.78, 5) is 13.3. The lowest BCUT2D eigenvalue weighted by molar-refractivity contribution is -0.130. The summed E-state index contributed by atoms with van der Waals surface area (Å²) >= 11 is 0. The molecule has 0 spiro atoms. The Bertz CT molecular complexity index is 339. The van der Waals surface area contributed by atoms with Crippen LogP contribution in [0.25, 0.3) is 0 Å². The first-order valence-corrected chi connectivity index (χ1v) is 4.83. The molecule has 5 nitrogen and oxygen atoms in total. The summed E-state index contributed by atoms with van der Waals surface area (Å²) in [6, 6.07) is 0. The second-order valence-electron chi connectivity index (χ2n) is 3.03. The van der Waals surface area contributed by atoms with Crippen LogP contribution >= 0.6 is 0 Å². The van der Waals surface area contributed by atoms with Crippen molar-refractivity contribution in [2.45, 2.75) is 19.9 Å². The van der Waals surface area contributed by atoms with E-state index < -0.39 is 0 Å². The number of aromatic nitrogens is 3. The molecule has 5 heteroatoms. The predicted molar refractivity (Wildman–Crippen MR) is 55.7 cm³/mol. The molecule has 0 aromatic carbocycles. The van der Waals surface area contributed by atoms with Crippen LogP contribution in [-0.4, -0.2) is 38.9 Å². The van der Waals surface area contributed by atoms with Crippen molar-refractivity contribution in [2.75, 3.05) is 13.1 Å². The summed E-state index contributed by atoms with van der Waals surface area (Å²) in [5.74, 6) is 2.51. The molecule has 0 saturated heterocycles. The fraction of sp³-hybridized carbons (Fsp3) is 0.500. The van der Waals surface area contributed by atoms with Crippen molar-refractivity contribution < 1.29 is 4.79 Å². The Kier molecular flexibility index (Phi) is 4.35. The monoisotopic (exact) mass is 206 g/mol. The zero-order chi connectivity index (χ0) is 11.1. The topological polar surface area (TPSA) is 51.0 Å². The van der Waals surface area contributed by atoms with E-state index >= 15 is 0 Å². The Morgan fingerprint density at radius 2 is 2.47 bits per heavy atom. The Morgan fingerprint density at radius 3 is 3.00 bits per heavy atom. The number of terminal acetylenes is 1. The standard InChI is InChI=1S/C10H14N4O/c1-3-7-13(4-2)10(15)5-8-14-9-6-11-12-14/h1,6,9H,4-5,7-8H2,2H3. The van der Waals surface area contributed by atoms with Gasteiger partial charge in [-0.1, -0.05) is 11.1 Å². The van der Waals surface area contributed by atoms with Crippen molar-refractivity contribution in [1.82, 2.24) is 19.9 Å². The van der Waals surface area contributed by atoms with Gasteiger partial charge in [0.25, 0.3) is 0 Å².